The first-order valence-corrected chi connectivity index (χ1v) is 16.1. The van der Waals surface area contributed by atoms with Gasteiger partial charge in [0.05, 0.1) is 12.4 Å². The summed E-state index contributed by atoms with van der Waals surface area (Å²) >= 11 is 0. The third kappa shape index (κ3) is 10.6. The fourth-order valence-electron chi connectivity index (χ4n) is 4.41. The average molecular weight is 658 g/mol. The van der Waals surface area contributed by atoms with Crippen molar-refractivity contribution in [3.8, 4) is 5.75 Å². The number of aromatic nitrogens is 1. The summed E-state index contributed by atoms with van der Waals surface area (Å²) in [5.41, 5.74) is 13.2. The molecule has 0 fully saturated rings. The lowest BCUT2D eigenvalue weighted by Gasteiger charge is -2.23. The van der Waals surface area contributed by atoms with E-state index in [1.807, 2.05) is 0 Å². The molecule has 3 aromatic rings. The molecule has 0 aliphatic rings. The van der Waals surface area contributed by atoms with Crippen LogP contribution in [0.3, 0.4) is 0 Å². The fourth-order valence-corrected chi connectivity index (χ4v) is 5.20. The van der Waals surface area contributed by atoms with Crippen LogP contribution in [0.25, 0.3) is 10.9 Å². The van der Waals surface area contributed by atoms with Crippen molar-refractivity contribution < 1.29 is 37.1 Å². The van der Waals surface area contributed by atoms with Crippen molar-refractivity contribution in [1.82, 2.24) is 20.3 Å². The van der Waals surface area contributed by atoms with E-state index in [9.17, 15) is 27.6 Å². The van der Waals surface area contributed by atoms with E-state index in [-0.39, 0.29) is 50.6 Å². The molecule has 3 rings (SSSR count). The smallest absolute Gasteiger partial charge is 0.344 e. The summed E-state index contributed by atoms with van der Waals surface area (Å²) in [7, 11) is -3.89. The molecule has 15 nitrogen and oxygen atoms in total. The van der Waals surface area contributed by atoms with Crippen LogP contribution >= 0.6 is 0 Å². The first kappa shape index (κ1) is 35.5. The third-order valence-corrected chi connectivity index (χ3v) is 8.29. The lowest BCUT2D eigenvalue weighted by molar-refractivity contribution is -0.145. The minimum atomic E-state index is -3.89. The predicted molar refractivity (Wildman–Crippen MR) is 170 cm³/mol. The molecule has 0 aliphatic heterocycles. The molecular weight excluding hydrogens is 618 g/mol. The number of esters is 1. The van der Waals surface area contributed by atoms with Crippen LogP contribution < -0.4 is 31.6 Å². The Kier molecular flexibility index (Phi) is 12.6. The average Bonchev–Trinajstić information content (AvgIpc) is 3.42. The number of rotatable bonds is 18. The number of ether oxygens (including phenoxy) is 2. The van der Waals surface area contributed by atoms with Gasteiger partial charge < -0.3 is 36.6 Å². The van der Waals surface area contributed by atoms with Crippen molar-refractivity contribution >= 4 is 50.5 Å². The zero-order valence-electron chi connectivity index (χ0n) is 25.6. The molecule has 0 radical (unpaired) electrons. The monoisotopic (exact) mass is 657 g/mol. The van der Waals surface area contributed by atoms with Crippen molar-refractivity contribution in [1.29, 1.82) is 5.41 Å². The fraction of sp³-hybridized carbons (Fsp3) is 0.367. The van der Waals surface area contributed by atoms with Gasteiger partial charge in [-0.15, -0.1) is 0 Å². The van der Waals surface area contributed by atoms with Crippen LogP contribution in [0.1, 0.15) is 43.4 Å². The number of carbonyl (C=O) groups excluding carboxylic acids is 4. The lowest BCUT2D eigenvalue weighted by atomic mass is 10.0. The van der Waals surface area contributed by atoms with Gasteiger partial charge in [0.1, 0.15) is 23.7 Å². The number of nitrogens with one attached hydrogen (secondary N) is 5. The number of nitrogens with two attached hydrogens (primary N) is 2. The zero-order valence-corrected chi connectivity index (χ0v) is 26.4. The molecular formula is C30H39N7O8S. The number of benzene rings is 2. The Labute approximate surface area is 266 Å². The summed E-state index contributed by atoms with van der Waals surface area (Å²) in [4.78, 5) is 53.1. The number of aromatic amines is 1. The second-order valence-corrected chi connectivity index (χ2v) is 12.3. The summed E-state index contributed by atoms with van der Waals surface area (Å²) in [6, 6.07) is 9.06. The molecule has 9 N–H and O–H groups in total. The second kappa shape index (κ2) is 16.4. The molecule has 0 aliphatic carbocycles. The first-order valence-electron chi connectivity index (χ1n) is 14.5. The van der Waals surface area contributed by atoms with Gasteiger partial charge in [-0.25, -0.2) is 17.9 Å². The predicted octanol–water partition coefficient (Wildman–Crippen LogP) is 0.311. The Morgan fingerprint density at radius 2 is 1.72 bits per heavy atom. The van der Waals surface area contributed by atoms with Crippen molar-refractivity contribution in [2.45, 2.75) is 51.7 Å². The zero-order chi connectivity index (χ0) is 33.9. The highest BCUT2D eigenvalue weighted by Gasteiger charge is 2.29. The molecule has 0 unspecified atom stereocenters. The van der Waals surface area contributed by atoms with Crippen LogP contribution in [-0.2, 0) is 46.9 Å². The standard InChI is InChI=1S/C30H39N7O8S/c1-3-44-27(39)17-45-21-9-10-23-22(14-21)20(16-34-23)13-25(37-46(42,43)4-2)30(41)36-24(11-12-26(31)38)29(40)35-15-18-5-7-19(8-6-18)28(32)33/h5-10,14,16,24-25,34,37H,3-4,11-13,15,17H2,1-2H3,(H2,31,38)(H3,32,33)(H,35,40)(H,36,41)/t24-,25+/m0/s1. The van der Waals surface area contributed by atoms with Gasteiger partial charge >= 0.3 is 5.97 Å². The van der Waals surface area contributed by atoms with E-state index >= 15 is 0 Å². The van der Waals surface area contributed by atoms with E-state index < -0.39 is 45.8 Å². The van der Waals surface area contributed by atoms with Gasteiger partial charge in [0.25, 0.3) is 0 Å². The van der Waals surface area contributed by atoms with E-state index in [2.05, 4.69) is 20.3 Å². The quantitative estimate of drug-likeness (QED) is 0.0564. The molecule has 1 aromatic heterocycles. The van der Waals surface area contributed by atoms with Crippen molar-refractivity contribution in [3.05, 3.63) is 65.4 Å². The Morgan fingerprint density at radius 3 is 2.35 bits per heavy atom. The molecule has 248 valence electrons. The molecule has 2 atom stereocenters. The molecule has 0 bridgehead atoms. The van der Waals surface area contributed by atoms with Crippen molar-refractivity contribution in [2.75, 3.05) is 19.0 Å². The van der Waals surface area contributed by atoms with Gasteiger partial charge in [0, 0.05) is 35.6 Å². The van der Waals surface area contributed by atoms with Crippen LogP contribution in [0.2, 0.25) is 0 Å². The molecule has 16 heteroatoms. The minimum Gasteiger partial charge on any atom is -0.482 e. The number of H-pyrrole nitrogens is 1. The second-order valence-electron chi connectivity index (χ2n) is 10.3. The Hall–Kier alpha value is -4.96. The van der Waals surface area contributed by atoms with Gasteiger partial charge in [-0.2, -0.15) is 0 Å². The van der Waals surface area contributed by atoms with Crippen molar-refractivity contribution in [3.63, 3.8) is 0 Å². The number of primary amides is 1. The SMILES string of the molecule is CCOC(=O)COc1ccc2[nH]cc(C[C@@H](NS(=O)(=O)CC)C(=O)N[C@@H](CCC(N)=O)C(=O)NCc3ccc(C(=N)N)cc3)c2c1. The summed E-state index contributed by atoms with van der Waals surface area (Å²) in [6.45, 7) is 3.07. The van der Waals surface area contributed by atoms with E-state index in [0.717, 1.165) is 0 Å². The van der Waals surface area contributed by atoms with Crippen molar-refractivity contribution in [2.24, 2.45) is 11.5 Å². The van der Waals surface area contributed by atoms with Crippen LogP contribution in [0.15, 0.2) is 48.7 Å². The number of amides is 3. The molecule has 46 heavy (non-hydrogen) atoms. The minimum absolute atomic E-state index is 0.0712. The Balaban J connectivity index is 1.81. The van der Waals surface area contributed by atoms with E-state index in [1.165, 1.54) is 6.92 Å². The molecule has 1 heterocycles. The first-order chi connectivity index (χ1) is 21.8. The summed E-state index contributed by atoms with van der Waals surface area (Å²) in [5.74, 6) is -2.68. The largest absolute Gasteiger partial charge is 0.482 e. The highest BCUT2D eigenvalue weighted by Crippen LogP contribution is 2.25. The highest BCUT2D eigenvalue weighted by molar-refractivity contribution is 7.89. The van der Waals surface area contributed by atoms with Gasteiger partial charge in [-0.05, 0) is 56.0 Å². The van der Waals surface area contributed by atoms with Gasteiger partial charge in [-0.3, -0.25) is 19.8 Å². The maximum Gasteiger partial charge on any atom is 0.344 e. The molecule has 3 amide bonds. The number of sulfonamides is 1. The van der Waals surface area contributed by atoms with E-state index in [0.29, 0.717) is 33.3 Å². The number of amidine groups is 1. The molecule has 0 saturated heterocycles. The number of hydrogen-bond acceptors (Lipinski definition) is 9. The van der Waals surface area contributed by atoms with Gasteiger partial charge in [-0.1, -0.05) is 24.3 Å². The van der Waals surface area contributed by atoms with Crippen LogP contribution in [0.4, 0.5) is 0 Å². The number of fused-ring (bicyclic) bond motifs is 1. The summed E-state index contributed by atoms with van der Waals surface area (Å²) in [6.07, 6.45) is 1.17. The normalized spacial score (nSPS) is 12.6. The van der Waals surface area contributed by atoms with Gasteiger partial charge in [0.2, 0.25) is 27.7 Å². The molecule has 0 saturated carbocycles. The Bertz CT molecular complexity index is 1670. The Morgan fingerprint density at radius 1 is 1.00 bits per heavy atom. The van der Waals surface area contributed by atoms with Gasteiger partial charge in [0.15, 0.2) is 6.61 Å². The maximum absolute atomic E-state index is 13.6. The topological polar surface area (TPSA) is 249 Å². The number of carbonyl (C=O) groups is 4. The third-order valence-electron chi connectivity index (χ3n) is 6.89. The number of nitrogen functional groups attached to an aromatic ring is 1. The summed E-state index contributed by atoms with van der Waals surface area (Å²) in [5, 5.41) is 13.4. The number of hydrogen-bond donors (Lipinski definition) is 7. The van der Waals surface area contributed by atoms with Crippen LogP contribution in [0, 0.1) is 5.41 Å². The molecule has 0 spiro atoms. The lowest BCUT2D eigenvalue weighted by Crippen LogP contribution is -2.54. The summed E-state index contributed by atoms with van der Waals surface area (Å²) < 4.78 is 38.0. The van der Waals surface area contributed by atoms with E-state index in [4.69, 9.17) is 26.4 Å². The maximum atomic E-state index is 13.6. The van der Waals surface area contributed by atoms with Crippen LogP contribution in [0.5, 0.6) is 5.75 Å². The van der Waals surface area contributed by atoms with E-state index in [1.54, 1.807) is 55.6 Å². The molecule has 2 aromatic carbocycles. The highest BCUT2D eigenvalue weighted by atomic mass is 32.2. The van der Waals surface area contributed by atoms with Crippen LogP contribution in [-0.4, -0.2) is 74.0 Å².